The van der Waals surface area contributed by atoms with Crippen molar-refractivity contribution >= 4 is 5.82 Å². The number of aryl methyl sites for hydroxylation is 1. The highest BCUT2D eigenvalue weighted by atomic mass is 15.3. The number of hydrogen-bond acceptors (Lipinski definition) is 5. The van der Waals surface area contributed by atoms with Crippen molar-refractivity contribution in [1.29, 1.82) is 0 Å². The fourth-order valence-electron chi connectivity index (χ4n) is 3.89. The third kappa shape index (κ3) is 2.64. The van der Waals surface area contributed by atoms with E-state index in [1.807, 2.05) is 0 Å². The zero-order valence-corrected chi connectivity index (χ0v) is 13.3. The van der Waals surface area contributed by atoms with Gasteiger partial charge >= 0.3 is 0 Å². The second-order valence-electron chi connectivity index (χ2n) is 6.12. The third-order valence-electron chi connectivity index (χ3n) is 5.03. The summed E-state index contributed by atoms with van der Waals surface area (Å²) in [6.45, 7) is 9.43. The molecule has 0 bridgehead atoms. The Kier molecular flexibility index (Phi) is 4.40. The lowest BCUT2D eigenvalue weighted by atomic mass is 10.0. The van der Waals surface area contributed by atoms with Crippen LogP contribution in [0.25, 0.3) is 0 Å². The molecule has 21 heavy (non-hydrogen) atoms. The smallest absolute Gasteiger partial charge is 0.156 e. The molecule has 3 rings (SSSR count). The van der Waals surface area contributed by atoms with Crippen LogP contribution in [-0.2, 0) is 19.4 Å². The van der Waals surface area contributed by atoms with Gasteiger partial charge in [0.05, 0.1) is 5.69 Å². The number of nitrogens with zero attached hydrogens (tertiary/aromatic N) is 4. The molecule has 2 fully saturated rings. The molecule has 0 aliphatic carbocycles. The van der Waals surface area contributed by atoms with Gasteiger partial charge in [-0.1, -0.05) is 13.8 Å². The van der Waals surface area contributed by atoms with Crippen molar-refractivity contribution in [2.24, 2.45) is 5.73 Å². The molecule has 116 valence electrons. The fourth-order valence-corrected chi connectivity index (χ4v) is 3.89. The van der Waals surface area contributed by atoms with E-state index in [-0.39, 0.29) is 0 Å². The van der Waals surface area contributed by atoms with Crippen LogP contribution in [0.2, 0.25) is 0 Å². The third-order valence-corrected chi connectivity index (χ3v) is 5.03. The summed E-state index contributed by atoms with van der Waals surface area (Å²) in [5, 5.41) is 9.02. The molecule has 2 N–H and O–H groups in total. The van der Waals surface area contributed by atoms with Gasteiger partial charge in [0.15, 0.2) is 5.82 Å². The van der Waals surface area contributed by atoms with E-state index in [4.69, 9.17) is 5.73 Å². The van der Waals surface area contributed by atoms with Crippen molar-refractivity contribution in [3.63, 3.8) is 0 Å². The highest BCUT2D eigenvalue weighted by Crippen LogP contribution is 2.28. The first-order valence-electron chi connectivity index (χ1n) is 8.34. The normalized spacial score (nSPS) is 22.6. The molecule has 2 saturated heterocycles. The summed E-state index contributed by atoms with van der Waals surface area (Å²) in [6.07, 6.45) is 4.57. The van der Waals surface area contributed by atoms with Crippen molar-refractivity contribution in [3.8, 4) is 0 Å². The molecule has 1 atom stereocenters. The van der Waals surface area contributed by atoms with Crippen molar-refractivity contribution in [2.75, 3.05) is 31.1 Å². The van der Waals surface area contributed by atoms with Gasteiger partial charge in [-0.2, -0.15) is 5.10 Å². The lowest BCUT2D eigenvalue weighted by molar-refractivity contribution is 0.230. The quantitative estimate of drug-likeness (QED) is 0.906. The van der Waals surface area contributed by atoms with Gasteiger partial charge < -0.3 is 10.6 Å². The number of anilines is 1. The largest absolute Gasteiger partial charge is 0.352 e. The van der Waals surface area contributed by atoms with Crippen molar-refractivity contribution < 1.29 is 0 Å². The Morgan fingerprint density at radius 3 is 2.67 bits per heavy atom. The highest BCUT2D eigenvalue weighted by Gasteiger charge is 2.32. The maximum Gasteiger partial charge on any atom is 0.156 e. The van der Waals surface area contributed by atoms with Gasteiger partial charge in [-0.25, -0.2) is 0 Å². The molecular weight excluding hydrogens is 262 g/mol. The summed E-state index contributed by atoms with van der Waals surface area (Å²) < 4.78 is 0. The summed E-state index contributed by atoms with van der Waals surface area (Å²) >= 11 is 0. The SMILES string of the molecule is CCc1nnc(N2CCN3CCCC3C2)c(CN)c1CC. The Labute approximate surface area is 127 Å². The van der Waals surface area contributed by atoms with Crippen LogP contribution < -0.4 is 10.6 Å². The first kappa shape index (κ1) is 14.7. The molecule has 0 amide bonds. The minimum absolute atomic E-state index is 0.561. The van der Waals surface area contributed by atoms with Crippen LogP contribution in [0.5, 0.6) is 0 Å². The molecule has 0 spiro atoms. The van der Waals surface area contributed by atoms with Crippen LogP contribution in [-0.4, -0.2) is 47.3 Å². The number of fused-ring (bicyclic) bond motifs is 1. The summed E-state index contributed by atoms with van der Waals surface area (Å²) in [6, 6.07) is 0.696. The summed E-state index contributed by atoms with van der Waals surface area (Å²) in [5.41, 5.74) is 9.71. The summed E-state index contributed by atoms with van der Waals surface area (Å²) in [4.78, 5) is 5.04. The highest BCUT2D eigenvalue weighted by molar-refractivity contribution is 5.52. The number of aromatic nitrogens is 2. The van der Waals surface area contributed by atoms with E-state index in [1.54, 1.807) is 0 Å². The number of nitrogens with two attached hydrogens (primary N) is 1. The van der Waals surface area contributed by atoms with Crippen LogP contribution in [0.1, 0.15) is 43.5 Å². The molecule has 0 radical (unpaired) electrons. The zero-order chi connectivity index (χ0) is 14.8. The lowest BCUT2D eigenvalue weighted by Crippen LogP contribution is -2.50. The van der Waals surface area contributed by atoms with Crippen LogP contribution in [0.3, 0.4) is 0 Å². The second kappa shape index (κ2) is 6.28. The van der Waals surface area contributed by atoms with E-state index in [2.05, 4.69) is 33.8 Å². The molecule has 0 aromatic carbocycles. The summed E-state index contributed by atoms with van der Waals surface area (Å²) in [7, 11) is 0. The molecule has 2 aliphatic heterocycles. The minimum Gasteiger partial charge on any atom is -0.352 e. The van der Waals surface area contributed by atoms with Crippen molar-refractivity contribution in [2.45, 2.75) is 52.1 Å². The molecule has 1 aromatic heterocycles. The first-order valence-corrected chi connectivity index (χ1v) is 8.34. The van der Waals surface area contributed by atoms with E-state index < -0.39 is 0 Å². The Morgan fingerprint density at radius 2 is 1.95 bits per heavy atom. The van der Waals surface area contributed by atoms with E-state index in [0.717, 1.165) is 44.0 Å². The lowest BCUT2D eigenvalue weighted by Gasteiger charge is -2.38. The standard InChI is InChI=1S/C16H27N5/c1-3-13-14(10-17)16(19-18-15(13)4-2)21-9-8-20-7-5-6-12(20)11-21/h12H,3-11,17H2,1-2H3. The monoisotopic (exact) mass is 289 g/mol. The van der Waals surface area contributed by atoms with Gasteiger partial charge in [0.2, 0.25) is 0 Å². The van der Waals surface area contributed by atoms with Crippen LogP contribution in [0.15, 0.2) is 0 Å². The van der Waals surface area contributed by atoms with E-state index >= 15 is 0 Å². The van der Waals surface area contributed by atoms with Gasteiger partial charge in [0, 0.05) is 37.8 Å². The predicted octanol–water partition coefficient (Wildman–Crippen LogP) is 1.34. The zero-order valence-electron chi connectivity index (χ0n) is 13.3. The minimum atomic E-state index is 0.561. The van der Waals surface area contributed by atoms with Crippen LogP contribution in [0.4, 0.5) is 5.82 Å². The summed E-state index contributed by atoms with van der Waals surface area (Å²) in [5.74, 6) is 1.04. The maximum absolute atomic E-state index is 6.06. The Hall–Kier alpha value is -1.20. The Morgan fingerprint density at radius 1 is 1.10 bits per heavy atom. The van der Waals surface area contributed by atoms with E-state index in [1.165, 1.54) is 30.5 Å². The number of piperazine rings is 1. The van der Waals surface area contributed by atoms with Gasteiger partial charge in [0.1, 0.15) is 0 Å². The van der Waals surface area contributed by atoms with Gasteiger partial charge in [-0.05, 0) is 37.8 Å². The van der Waals surface area contributed by atoms with E-state index in [0.29, 0.717) is 12.6 Å². The van der Waals surface area contributed by atoms with Crippen LogP contribution >= 0.6 is 0 Å². The predicted molar refractivity (Wildman–Crippen MR) is 85.5 cm³/mol. The molecule has 3 heterocycles. The Bertz CT molecular complexity index is 502. The molecule has 0 saturated carbocycles. The number of hydrogen-bond donors (Lipinski definition) is 1. The number of rotatable bonds is 4. The Balaban J connectivity index is 1.91. The second-order valence-corrected chi connectivity index (χ2v) is 6.12. The molecule has 1 aromatic rings. The molecule has 1 unspecified atom stereocenters. The average Bonchev–Trinajstić information content (AvgIpc) is 3.00. The average molecular weight is 289 g/mol. The topological polar surface area (TPSA) is 58.3 Å². The maximum atomic E-state index is 6.06. The van der Waals surface area contributed by atoms with Crippen molar-refractivity contribution in [1.82, 2.24) is 15.1 Å². The molecular formula is C16H27N5. The van der Waals surface area contributed by atoms with Gasteiger partial charge in [-0.3, -0.25) is 4.90 Å². The fraction of sp³-hybridized carbons (Fsp3) is 0.750. The molecule has 2 aliphatic rings. The van der Waals surface area contributed by atoms with Crippen LogP contribution in [0, 0.1) is 0 Å². The first-order chi connectivity index (χ1) is 10.3. The van der Waals surface area contributed by atoms with Gasteiger partial charge in [0.25, 0.3) is 0 Å². The van der Waals surface area contributed by atoms with E-state index in [9.17, 15) is 0 Å². The molecule has 5 nitrogen and oxygen atoms in total. The molecule has 5 heteroatoms. The van der Waals surface area contributed by atoms with Gasteiger partial charge in [-0.15, -0.1) is 5.10 Å². The van der Waals surface area contributed by atoms with Crippen molar-refractivity contribution in [3.05, 3.63) is 16.8 Å².